The molecule has 6 heteroatoms. The largest absolute Gasteiger partial charge is 0.465 e. The van der Waals surface area contributed by atoms with Gasteiger partial charge < -0.3 is 9.64 Å². The lowest BCUT2D eigenvalue weighted by molar-refractivity contribution is 0.0600. The minimum absolute atomic E-state index is 0.0773. The number of hydrogen-bond acceptors (Lipinski definition) is 4. The van der Waals surface area contributed by atoms with Crippen molar-refractivity contribution in [3.63, 3.8) is 0 Å². The molecule has 1 amide bonds. The summed E-state index contributed by atoms with van der Waals surface area (Å²) < 4.78 is 6.70. The summed E-state index contributed by atoms with van der Waals surface area (Å²) in [6.45, 7) is 1.21. The van der Waals surface area contributed by atoms with Gasteiger partial charge >= 0.3 is 5.97 Å². The Bertz CT molecular complexity index is 1060. The van der Waals surface area contributed by atoms with Crippen LogP contribution in [0.5, 0.6) is 0 Å². The van der Waals surface area contributed by atoms with Gasteiger partial charge in [-0.05, 0) is 24.6 Å². The number of aryl methyl sites for hydroxylation is 1. The Morgan fingerprint density at radius 3 is 2.45 bits per heavy atom. The van der Waals surface area contributed by atoms with Gasteiger partial charge in [0, 0.05) is 43.2 Å². The Morgan fingerprint density at radius 2 is 1.69 bits per heavy atom. The third kappa shape index (κ3) is 3.66. The van der Waals surface area contributed by atoms with Crippen molar-refractivity contribution >= 4 is 11.9 Å². The van der Waals surface area contributed by atoms with Crippen LogP contribution in [0.25, 0.3) is 11.3 Å². The molecule has 3 aromatic rings. The Morgan fingerprint density at radius 1 is 0.966 bits per heavy atom. The third-order valence-corrected chi connectivity index (χ3v) is 5.34. The summed E-state index contributed by atoms with van der Waals surface area (Å²) in [5.74, 6) is -0.522. The van der Waals surface area contributed by atoms with Crippen LogP contribution < -0.4 is 0 Å². The minimum Gasteiger partial charge on any atom is -0.465 e. The minimum atomic E-state index is -0.444. The average molecular weight is 389 g/mol. The van der Waals surface area contributed by atoms with Crippen LogP contribution in [0.3, 0.4) is 0 Å². The zero-order chi connectivity index (χ0) is 20.4. The molecule has 0 N–H and O–H groups in total. The number of esters is 1. The van der Waals surface area contributed by atoms with Gasteiger partial charge in [-0.15, -0.1) is 0 Å². The molecule has 2 aromatic carbocycles. The molecule has 0 fully saturated rings. The van der Waals surface area contributed by atoms with Gasteiger partial charge in [0.1, 0.15) is 0 Å². The Kier molecular flexibility index (Phi) is 5.16. The summed E-state index contributed by atoms with van der Waals surface area (Å²) >= 11 is 0. The van der Waals surface area contributed by atoms with E-state index >= 15 is 0 Å². The Balaban J connectivity index is 1.57. The number of methoxy groups -OCH3 is 1. The Labute approximate surface area is 169 Å². The predicted octanol–water partition coefficient (Wildman–Crippen LogP) is 3.11. The smallest absolute Gasteiger partial charge is 0.337 e. The van der Waals surface area contributed by atoms with Crippen molar-refractivity contribution in [2.24, 2.45) is 7.05 Å². The molecule has 0 atom stereocenters. The first-order chi connectivity index (χ1) is 14.1. The lowest BCUT2D eigenvalue weighted by Gasteiger charge is -2.21. The number of benzene rings is 2. The highest BCUT2D eigenvalue weighted by Crippen LogP contribution is 2.28. The standard InChI is InChI=1S/C23H23N3O3/c1-25-21(16-7-4-3-5-8-16)19-11-13-26(14-12-20(19)24-25)22(27)17-9-6-10-18(15-17)23(28)29-2/h3-10,15H,11-14H2,1-2H3. The molecule has 1 aromatic heterocycles. The lowest BCUT2D eigenvalue weighted by Crippen LogP contribution is -2.33. The second-order valence-electron chi connectivity index (χ2n) is 7.13. The first-order valence-corrected chi connectivity index (χ1v) is 9.66. The first kappa shape index (κ1) is 18.9. The maximum absolute atomic E-state index is 13.1. The molecule has 6 nitrogen and oxygen atoms in total. The van der Waals surface area contributed by atoms with Crippen LogP contribution in [-0.4, -0.2) is 46.8 Å². The molecular formula is C23H23N3O3. The molecule has 2 heterocycles. The highest BCUT2D eigenvalue weighted by Gasteiger charge is 2.25. The van der Waals surface area contributed by atoms with E-state index in [1.807, 2.05) is 34.8 Å². The highest BCUT2D eigenvalue weighted by molar-refractivity contribution is 5.98. The van der Waals surface area contributed by atoms with Crippen LogP contribution in [-0.2, 0) is 24.6 Å². The van der Waals surface area contributed by atoms with E-state index in [1.165, 1.54) is 12.7 Å². The zero-order valence-electron chi connectivity index (χ0n) is 16.6. The number of hydrogen-bond donors (Lipinski definition) is 0. The van der Waals surface area contributed by atoms with E-state index in [1.54, 1.807) is 24.3 Å². The fraction of sp³-hybridized carbons (Fsp3) is 0.261. The van der Waals surface area contributed by atoms with Gasteiger partial charge in [-0.1, -0.05) is 36.4 Å². The molecule has 1 aliphatic rings. The molecular weight excluding hydrogens is 366 g/mol. The summed E-state index contributed by atoms with van der Waals surface area (Å²) in [6.07, 6.45) is 1.45. The number of aromatic nitrogens is 2. The van der Waals surface area contributed by atoms with E-state index in [9.17, 15) is 9.59 Å². The quantitative estimate of drug-likeness (QED) is 0.646. The zero-order valence-corrected chi connectivity index (χ0v) is 16.6. The molecule has 1 aliphatic heterocycles. The lowest BCUT2D eigenvalue weighted by atomic mass is 10.0. The number of ether oxygens (including phenoxy) is 1. The number of amides is 1. The van der Waals surface area contributed by atoms with Crippen LogP contribution in [0.4, 0.5) is 0 Å². The monoisotopic (exact) mass is 389 g/mol. The molecule has 0 bridgehead atoms. The fourth-order valence-corrected chi connectivity index (χ4v) is 3.93. The van der Waals surface area contributed by atoms with E-state index in [4.69, 9.17) is 9.84 Å². The second kappa shape index (κ2) is 7.91. The van der Waals surface area contributed by atoms with Crippen LogP contribution >= 0.6 is 0 Å². The summed E-state index contributed by atoms with van der Waals surface area (Å²) in [5.41, 5.74) is 5.38. The van der Waals surface area contributed by atoms with Gasteiger partial charge in [0.2, 0.25) is 0 Å². The Hall–Kier alpha value is -3.41. The molecule has 0 unspecified atom stereocenters. The van der Waals surface area contributed by atoms with E-state index in [0.717, 1.165) is 23.4 Å². The van der Waals surface area contributed by atoms with E-state index in [0.29, 0.717) is 30.6 Å². The van der Waals surface area contributed by atoms with Crippen LogP contribution in [0.2, 0.25) is 0 Å². The molecule has 0 radical (unpaired) electrons. The molecule has 0 spiro atoms. The highest BCUT2D eigenvalue weighted by atomic mass is 16.5. The molecule has 0 saturated carbocycles. The van der Waals surface area contributed by atoms with E-state index in [-0.39, 0.29) is 5.91 Å². The maximum Gasteiger partial charge on any atom is 0.337 e. The number of rotatable bonds is 3. The SMILES string of the molecule is COC(=O)c1cccc(C(=O)N2CCc3nn(C)c(-c4ccccc4)c3CC2)c1. The van der Waals surface area contributed by atoms with Gasteiger partial charge in [0.15, 0.2) is 0 Å². The molecule has 4 rings (SSSR count). The summed E-state index contributed by atoms with van der Waals surface area (Å²) in [6, 6.07) is 16.9. The predicted molar refractivity (Wildman–Crippen MR) is 110 cm³/mol. The van der Waals surface area contributed by atoms with Gasteiger partial charge in [0.05, 0.1) is 24.1 Å². The van der Waals surface area contributed by atoms with Crippen molar-refractivity contribution in [2.45, 2.75) is 12.8 Å². The normalized spacial score (nSPS) is 13.5. The van der Waals surface area contributed by atoms with Crippen molar-refractivity contribution in [1.29, 1.82) is 0 Å². The van der Waals surface area contributed by atoms with E-state index < -0.39 is 5.97 Å². The number of nitrogens with zero attached hydrogens (tertiary/aromatic N) is 3. The van der Waals surface area contributed by atoms with E-state index in [2.05, 4.69) is 12.1 Å². The summed E-state index contributed by atoms with van der Waals surface area (Å²) in [5, 5.41) is 4.72. The number of carbonyl (C=O) groups is 2. The van der Waals surface area contributed by atoms with Crippen molar-refractivity contribution in [3.8, 4) is 11.3 Å². The third-order valence-electron chi connectivity index (χ3n) is 5.34. The van der Waals surface area contributed by atoms with Crippen LogP contribution in [0.1, 0.15) is 32.0 Å². The molecule has 0 aliphatic carbocycles. The van der Waals surface area contributed by atoms with Gasteiger partial charge in [-0.25, -0.2) is 4.79 Å². The van der Waals surface area contributed by atoms with Crippen LogP contribution in [0, 0.1) is 0 Å². The fourth-order valence-electron chi connectivity index (χ4n) is 3.93. The van der Waals surface area contributed by atoms with Crippen molar-refractivity contribution < 1.29 is 14.3 Å². The summed E-state index contributed by atoms with van der Waals surface area (Å²) in [4.78, 5) is 26.7. The number of fused-ring (bicyclic) bond motifs is 1. The first-order valence-electron chi connectivity index (χ1n) is 9.66. The second-order valence-corrected chi connectivity index (χ2v) is 7.13. The number of carbonyl (C=O) groups excluding carboxylic acids is 2. The van der Waals surface area contributed by atoms with Gasteiger partial charge in [-0.2, -0.15) is 5.10 Å². The topological polar surface area (TPSA) is 64.4 Å². The maximum atomic E-state index is 13.1. The van der Waals surface area contributed by atoms with Gasteiger partial charge in [-0.3, -0.25) is 9.48 Å². The average Bonchev–Trinajstić information content (AvgIpc) is 2.94. The molecule has 148 valence electrons. The molecule has 0 saturated heterocycles. The van der Waals surface area contributed by atoms with Crippen molar-refractivity contribution in [3.05, 3.63) is 77.0 Å². The van der Waals surface area contributed by atoms with Crippen LogP contribution in [0.15, 0.2) is 54.6 Å². The van der Waals surface area contributed by atoms with Gasteiger partial charge in [0.25, 0.3) is 5.91 Å². The van der Waals surface area contributed by atoms with Crippen molar-refractivity contribution in [2.75, 3.05) is 20.2 Å². The molecule has 29 heavy (non-hydrogen) atoms. The van der Waals surface area contributed by atoms with Crippen molar-refractivity contribution in [1.82, 2.24) is 14.7 Å². The summed E-state index contributed by atoms with van der Waals surface area (Å²) in [7, 11) is 3.30.